The molecule has 1 aromatic rings. The number of hydrogen-bond acceptors (Lipinski definition) is 1. The zero-order valence-corrected chi connectivity index (χ0v) is 13.4. The lowest BCUT2D eigenvalue weighted by molar-refractivity contribution is 0.0720. The highest BCUT2D eigenvalue weighted by Crippen LogP contribution is 2.38. The zero-order chi connectivity index (χ0) is 13.7. The van der Waals surface area contributed by atoms with Gasteiger partial charge >= 0.3 is 0 Å². The van der Waals surface area contributed by atoms with Crippen molar-refractivity contribution in [3.63, 3.8) is 0 Å². The Labute approximate surface area is 125 Å². The summed E-state index contributed by atoms with van der Waals surface area (Å²) < 4.78 is 1.08. The van der Waals surface area contributed by atoms with Crippen LogP contribution in [0.2, 0.25) is 0 Å². The number of halogens is 1. The van der Waals surface area contributed by atoms with Crippen molar-refractivity contribution in [1.29, 1.82) is 0 Å². The van der Waals surface area contributed by atoms with Crippen LogP contribution in [0.15, 0.2) is 28.7 Å². The molecule has 0 spiro atoms. The average molecular weight is 325 g/mol. The standard InChI is InChI=1S/C17H25BrO/c1-2-3-4-13-5-7-14(8-6-13)17(19)15-9-11-16(18)12-10-15/h9-14,17,19H,2-8H2,1H3. The van der Waals surface area contributed by atoms with Crippen LogP contribution in [-0.4, -0.2) is 5.11 Å². The van der Waals surface area contributed by atoms with Gasteiger partial charge in [-0.05, 0) is 42.4 Å². The molecule has 1 aliphatic carbocycles. The monoisotopic (exact) mass is 324 g/mol. The molecule has 19 heavy (non-hydrogen) atoms. The second kappa shape index (κ2) is 7.44. The van der Waals surface area contributed by atoms with E-state index in [0.717, 1.165) is 16.0 Å². The fourth-order valence-electron chi connectivity index (χ4n) is 3.22. The largest absolute Gasteiger partial charge is 0.388 e. The molecule has 0 bridgehead atoms. The summed E-state index contributed by atoms with van der Waals surface area (Å²) in [7, 11) is 0. The van der Waals surface area contributed by atoms with Gasteiger partial charge in [-0.1, -0.05) is 67.1 Å². The van der Waals surface area contributed by atoms with Gasteiger partial charge in [0.15, 0.2) is 0 Å². The minimum Gasteiger partial charge on any atom is -0.388 e. The Morgan fingerprint density at radius 3 is 2.37 bits per heavy atom. The van der Waals surface area contributed by atoms with E-state index >= 15 is 0 Å². The highest BCUT2D eigenvalue weighted by atomic mass is 79.9. The molecule has 1 atom stereocenters. The van der Waals surface area contributed by atoms with Crippen LogP contribution in [0.25, 0.3) is 0 Å². The molecule has 1 aliphatic rings. The predicted octanol–water partition coefficient (Wildman–Crippen LogP) is 5.48. The lowest BCUT2D eigenvalue weighted by Gasteiger charge is -2.31. The van der Waals surface area contributed by atoms with Crippen molar-refractivity contribution in [2.24, 2.45) is 11.8 Å². The lowest BCUT2D eigenvalue weighted by atomic mass is 9.76. The predicted molar refractivity (Wildman–Crippen MR) is 84.1 cm³/mol. The SMILES string of the molecule is CCCCC1CCC(C(O)c2ccc(Br)cc2)CC1. The smallest absolute Gasteiger partial charge is 0.0818 e. The van der Waals surface area contributed by atoms with Crippen LogP contribution in [0, 0.1) is 11.8 Å². The molecule has 2 heteroatoms. The van der Waals surface area contributed by atoms with E-state index in [0.29, 0.717) is 5.92 Å². The second-order valence-electron chi connectivity index (χ2n) is 5.92. The van der Waals surface area contributed by atoms with Crippen molar-refractivity contribution in [3.05, 3.63) is 34.3 Å². The third kappa shape index (κ3) is 4.32. The molecule has 1 N–H and O–H groups in total. The van der Waals surface area contributed by atoms with Crippen molar-refractivity contribution in [2.45, 2.75) is 58.0 Å². The van der Waals surface area contributed by atoms with E-state index in [1.807, 2.05) is 24.3 Å². The molecular weight excluding hydrogens is 300 g/mol. The Hall–Kier alpha value is -0.340. The summed E-state index contributed by atoms with van der Waals surface area (Å²) in [6.45, 7) is 2.27. The fraction of sp³-hybridized carbons (Fsp3) is 0.647. The second-order valence-corrected chi connectivity index (χ2v) is 6.84. The summed E-state index contributed by atoms with van der Waals surface area (Å²) >= 11 is 3.44. The van der Waals surface area contributed by atoms with Crippen LogP contribution in [0.5, 0.6) is 0 Å². The summed E-state index contributed by atoms with van der Waals surface area (Å²) in [6, 6.07) is 8.12. The first kappa shape index (κ1) is 15.1. The van der Waals surface area contributed by atoms with Crippen LogP contribution in [-0.2, 0) is 0 Å². The van der Waals surface area contributed by atoms with E-state index in [2.05, 4.69) is 22.9 Å². The van der Waals surface area contributed by atoms with Gasteiger partial charge in [0, 0.05) is 4.47 Å². The third-order valence-corrected chi connectivity index (χ3v) is 5.04. The van der Waals surface area contributed by atoms with Gasteiger partial charge in [-0.3, -0.25) is 0 Å². The highest BCUT2D eigenvalue weighted by molar-refractivity contribution is 9.10. The van der Waals surface area contributed by atoms with Gasteiger partial charge in [-0.2, -0.15) is 0 Å². The van der Waals surface area contributed by atoms with E-state index < -0.39 is 0 Å². The normalized spacial score (nSPS) is 25.2. The van der Waals surface area contributed by atoms with E-state index in [9.17, 15) is 5.11 Å². The van der Waals surface area contributed by atoms with Crippen molar-refractivity contribution in [2.75, 3.05) is 0 Å². The number of aliphatic hydroxyl groups excluding tert-OH is 1. The number of hydrogen-bond donors (Lipinski definition) is 1. The van der Waals surface area contributed by atoms with Crippen molar-refractivity contribution in [1.82, 2.24) is 0 Å². The van der Waals surface area contributed by atoms with Gasteiger partial charge in [-0.15, -0.1) is 0 Å². The fourth-order valence-corrected chi connectivity index (χ4v) is 3.48. The topological polar surface area (TPSA) is 20.2 Å². The number of unbranched alkanes of at least 4 members (excludes halogenated alkanes) is 1. The summed E-state index contributed by atoms with van der Waals surface area (Å²) in [5, 5.41) is 10.5. The van der Waals surface area contributed by atoms with E-state index in [4.69, 9.17) is 0 Å². The van der Waals surface area contributed by atoms with Crippen LogP contribution >= 0.6 is 15.9 Å². The van der Waals surface area contributed by atoms with Gasteiger partial charge in [0.2, 0.25) is 0 Å². The summed E-state index contributed by atoms with van der Waals surface area (Å²) in [6.07, 6.45) is 8.76. The Kier molecular flexibility index (Phi) is 5.90. The molecule has 1 saturated carbocycles. The number of rotatable bonds is 5. The maximum Gasteiger partial charge on any atom is 0.0818 e. The summed E-state index contributed by atoms with van der Waals surface area (Å²) in [4.78, 5) is 0. The molecular formula is C17H25BrO. The van der Waals surface area contributed by atoms with Crippen molar-refractivity contribution >= 4 is 15.9 Å². The highest BCUT2D eigenvalue weighted by Gasteiger charge is 2.26. The lowest BCUT2D eigenvalue weighted by Crippen LogP contribution is -2.20. The van der Waals surface area contributed by atoms with Crippen LogP contribution in [0.3, 0.4) is 0 Å². The number of benzene rings is 1. The minimum absolute atomic E-state index is 0.278. The van der Waals surface area contributed by atoms with Crippen LogP contribution in [0.1, 0.15) is 63.5 Å². The first-order chi connectivity index (χ1) is 9.20. The third-order valence-electron chi connectivity index (χ3n) is 4.52. The molecule has 0 amide bonds. The molecule has 1 fully saturated rings. The molecule has 1 aromatic carbocycles. The molecule has 106 valence electrons. The molecule has 2 rings (SSSR count). The van der Waals surface area contributed by atoms with Gasteiger partial charge in [-0.25, -0.2) is 0 Å². The maximum atomic E-state index is 10.5. The van der Waals surface area contributed by atoms with Gasteiger partial charge < -0.3 is 5.11 Å². The van der Waals surface area contributed by atoms with Gasteiger partial charge in [0.05, 0.1) is 6.10 Å². The zero-order valence-electron chi connectivity index (χ0n) is 11.8. The Morgan fingerprint density at radius 1 is 1.16 bits per heavy atom. The van der Waals surface area contributed by atoms with Gasteiger partial charge in [0.25, 0.3) is 0 Å². The quantitative estimate of drug-likeness (QED) is 0.760. The number of aliphatic hydroxyl groups is 1. The Balaban J connectivity index is 1.85. The summed E-state index contributed by atoms with van der Waals surface area (Å²) in [5.74, 6) is 1.37. The molecule has 0 radical (unpaired) electrons. The first-order valence-electron chi connectivity index (χ1n) is 7.64. The Morgan fingerprint density at radius 2 is 1.79 bits per heavy atom. The first-order valence-corrected chi connectivity index (χ1v) is 8.43. The minimum atomic E-state index is -0.278. The molecule has 1 nitrogen and oxygen atoms in total. The van der Waals surface area contributed by atoms with Crippen LogP contribution < -0.4 is 0 Å². The maximum absolute atomic E-state index is 10.5. The van der Waals surface area contributed by atoms with Crippen molar-refractivity contribution < 1.29 is 5.11 Å². The summed E-state index contributed by atoms with van der Waals surface area (Å²) in [5.41, 5.74) is 1.07. The van der Waals surface area contributed by atoms with E-state index in [-0.39, 0.29) is 6.10 Å². The van der Waals surface area contributed by atoms with Crippen molar-refractivity contribution in [3.8, 4) is 0 Å². The van der Waals surface area contributed by atoms with Crippen LogP contribution in [0.4, 0.5) is 0 Å². The molecule has 0 saturated heterocycles. The molecule has 0 aliphatic heterocycles. The Bertz CT molecular complexity index is 365. The average Bonchev–Trinajstić information content (AvgIpc) is 2.46. The van der Waals surface area contributed by atoms with E-state index in [1.54, 1.807) is 0 Å². The molecule has 0 heterocycles. The molecule has 1 unspecified atom stereocenters. The van der Waals surface area contributed by atoms with Gasteiger partial charge in [0.1, 0.15) is 0 Å². The van der Waals surface area contributed by atoms with E-state index in [1.165, 1.54) is 44.9 Å². The molecule has 0 aromatic heterocycles.